The van der Waals surface area contributed by atoms with Crippen LogP contribution in [0.4, 0.5) is 11.4 Å². The first-order chi connectivity index (χ1) is 11.1. The van der Waals surface area contributed by atoms with E-state index in [1.807, 2.05) is 11.4 Å². The van der Waals surface area contributed by atoms with E-state index in [9.17, 15) is 9.59 Å². The van der Waals surface area contributed by atoms with Gasteiger partial charge in [-0.15, -0.1) is 17.9 Å². The third-order valence-corrected chi connectivity index (χ3v) is 4.35. The molecule has 2 aromatic rings. The molecule has 1 aliphatic heterocycles. The van der Waals surface area contributed by atoms with Gasteiger partial charge in [0.05, 0.1) is 10.6 Å². The molecular weight excluding hydrogens is 312 g/mol. The van der Waals surface area contributed by atoms with E-state index in [-0.39, 0.29) is 11.8 Å². The first-order valence-corrected chi connectivity index (χ1v) is 8.06. The minimum Gasteiger partial charge on any atom is -0.479 e. The zero-order valence-corrected chi connectivity index (χ0v) is 13.4. The Labute approximate surface area is 138 Å². The van der Waals surface area contributed by atoms with Crippen LogP contribution in [0, 0.1) is 0 Å². The number of nitrogens with one attached hydrogen (secondary N) is 1. The molecular formula is C17H16N2O3S. The number of thiophene rings is 1. The minimum atomic E-state index is -0.533. The van der Waals surface area contributed by atoms with Crippen molar-refractivity contribution in [2.75, 3.05) is 16.8 Å². The highest BCUT2D eigenvalue weighted by atomic mass is 32.1. The Morgan fingerprint density at radius 2 is 2.30 bits per heavy atom. The predicted octanol–water partition coefficient (Wildman–Crippen LogP) is 3.30. The predicted molar refractivity (Wildman–Crippen MR) is 91.4 cm³/mol. The molecule has 1 N–H and O–H groups in total. The molecule has 118 valence electrons. The molecule has 5 nitrogen and oxygen atoms in total. The van der Waals surface area contributed by atoms with Gasteiger partial charge in [0.15, 0.2) is 6.10 Å². The first kappa shape index (κ1) is 15.3. The molecule has 23 heavy (non-hydrogen) atoms. The molecule has 0 radical (unpaired) electrons. The van der Waals surface area contributed by atoms with Crippen LogP contribution >= 0.6 is 11.3 Å². The van der Waals surface area contributed by atoms with E-state index in [0.29, 0.717) is 28.5 Å². The van der Waals surface area contributed by atoms with Crippen LogP contribution < -0.4 is 15.0 Å². The number of amides is 2. The van der Waals surface area contributed by atoms with E-state index in [1.165, 1.54) is 11.3 Å². The highest BCUT2D eigenvalue weighted by Gasteiger charge is 2.31. The van der Waals surface area contributed by atoms with Crippen LogP contribution in [0.1, 0.15) is 16.6 Å². The molecule has 1 atom stereocenters. The maximum absolute atomic E-state index is 12.3. The molecule has 0 saturated heterocycles. The van der Waals surface area contributed by atoms with Gasteiger partial charge in [-0.1, -0.05) is 12.1 Å². The van der Waals surface area contributed by atoms with Crippen LogP contribution in [0.3, 0.4) is 0 Å². The van der Waals surface area contributed by atoms with Crippen LogP contribution in [0.15, 0.2) is 48.4 Å². The summed E-state index contributed by atoms with van der Waals surface area (Å²) in [6.07, 6.45) is 1.13. The van der Waals surface area contributed by atoms with Crippen LogP contribution in [-0.4, -0.2) is 24.5 Å². The standard InChI is InChI=1S/C17H16N2O3S/c1-3-8-19-13-10-12(18-16(20)15-5-4-9-23-15)6-7-14(13)22-11(2)17(19)21/h3-7,9-11H,1,8H2,2H3,(H,18,20). The molecule has 0 spiro atoms. The van der Waals surface area contributed by atoms with Crippen molar-refractivity contribution in [1.29, 1.82) is 0 Å². The summed E-state index contributed by atoms with van der Waals surface area (Å²) >= 11 is 1.37. The fourth-order valence-corrected chi connectivity index (χ4v) is 3.02. The molecule has 6 heteroatoms. The van der Waals surface area contributed by atoms with Crippen molar-refractivity contribution in [3.05, 3.63) is 53.2 Å². The zero-order valence-electron chi connectivity index (χ0n) is 12.6. The van der Waals surface area contributed by atoms with E-state index in [4.69, 9.17) is 4.74 Å². The average molecular weight is 328 g/mol. The summed E-state index contributed by atoms with van der Waals surface area (Å²) < 4.78 is 5.62. The van der Waals surface area contributed by atoms with Crippen molar-refractivity contribution >= 4 is 34.5 Å². The van der Waals surface area contributed by atoms with Gasteiger partial charge >= 0.3 is 0 Å². The van der Waals surface area contributed by atoms with Crippen LogP contribution in [0.2, 0.25) is 0 Å². The summed E-state index contributed by atoms with van der Waals surface area (Å²) in [6, 6.07) is 8.86. The maximum atomic E-state index is 12.3. The maximum Gasteiger partial charge on any atom is 0.268 e. The van der Waals surface area contributed by atoms with E-state index in [1.54, 1.807) is 42.2 Å². The van der Waals surface area contributed by atoms with Crippen molar-refractivity contribution < 1.29 is 14.3 Å². The summed E-state index contributed by atoms with van der Waals surface area (Å²) in [7, 11) is 0. The van der Waals surface area contributed by atoms with Crippen molar-refractivity contribution in [1.82, 2.24) is 0 Å². The van der Waals surface area contributed by atoms with Gasteiger partial charge in [0, 0.05) is 12.2 Å². The SMILES string of the molecule is C=CCN1C(=O)C(C)Oc2ccc(NC(=O)c3cccs3)cc21. The lowest BCUT2D eigenvalue weighted by molar-refractivity contribution is -0.125. The van der Waals surface area contributed by atoms with Gasteiger partial charge in [-0.25, -0.2) is 0 Å². The van der Waals surface area contributed by atoms with Crippen LogP contribution in [0.25, 0.3) is 0 Å². The lowest BCUT2D eigenvalue weighted by Gasteiger charge is -2.32. The Balaban J connectivity index is 1.90. The lowest BCUT2D eigenvalue weighted by atomic mass is 10.1. The molecule has 0 saturated carbocycles. The lowest BCUT2D eigenvalue weighted by Crippen LogP contribution is -2.44. The largest absolute Gasteiger partial charge is 0.479 e. The van der Waals surface area contributed by atoms with E-state index < -0.39 is 6.10 Å². The Hall–Kier alpha value is -2.60. The van der Waals surface area contributed by atoms with Gasteiger partial charge in [0.25, 0.3) is 11.8 Å². The normalized spacial score (nSPS) is 16.5. The average Bonchev–Trinajstić information content (AvgIpc) is 3.07. The summed E-state index contributed by atoms with van der Waals surface area (Å²) in [5.74, 6) is 0.318. The van der Waals surface area contributed by atoms with Gasteiger partial charge in [0.2, 0.25) is 0 Å². The topological polar surface area (TPSA) is 58.6 Å². The molecule has 0 aliphatic carbocycles. The van der Waals surface area contributed by atoms with Gasteiger partial charge in [0.1, 0.15) is 5.75 Å². The number of fused-ring (bicyclic) bond motifs is 1. The molecule has 0 fully saturated rings. The number of benzene rings is 1. The van der Waals surface area contributed by atoms with Crippen LogP contribution in [-0.2, 0) is 4.79 Å². The van der Waals surface area contributed by atoms with Gasteiger partial charge in [-0.05, 0) is 36.6 Å². The number of anilines is 2. The number of carbonyl (C=O) groups excluding carboxylic acids is 2. The summed E-state index contributed by atoms with van der Waals surface area (Å²) in [5.41, 5.74) is 1.25. The fourth-order valence-electron chi connectivity index (χ4n) is 2.40. The molecule has 1 unspecified atom stereocenters. The van der Waals surface area contributed by atoms with E-state index >= 15 is 0 Å². The highest BCUT2D eigenvalue weighted by molar-refractivity contribution is 7.12. The molecule has 2 heterocycles. The number of hydrogen-bond acceptors (Lipinski definition) is 4. The summed E-state index contributed by atoms with van der Waals surface area (Å²) in [6.45, 7) is 5.80. The molecule has 2 amide bonds. The third kappa shape index (κ3) is 2.98. The first-order valence-electron chi connectivity index (χ1n) is 7.18. The summed E-state index contributed by atoms with van der Waals surface area (Å²) in [5, 5.41) is 4.68. The monoisotopic (exact) mass is 328 g/mol. The second-order valence-corrected chi connectivity index (χ2v) is 6.06. The zero-order chi connectivity index (χ0) is 16.4. The third-order valence-electron chi connectivity index (χ3n) is 3.48. The van der Waals surface area contributed by atoms with Gasteiger partial charge < -0.3 is 15.0 Å². The Bertz CT molecular complexity index is 755. The minimum absolute atomic E-state index is 0.126. The molecule has 1 aromatic heterocycles. The molecule has 0 bridgehead atoms. The second-order valence-electron chi connectivity index (χ2n) is 5.11. The molecule has 3 rings (SSSR count). The fraction of sp³-hybridized carbons (Fsp3) is 0.176. The molecule has 1 aliphatic rings. The number of hydrogen-bond donors (Lipinski definition) is 1. The van der Waals surface area contributed by atoms with Gasteiger partial charge in [-0.2, -0.15) is 0 Å². The van der Waals surface area contributed by atoms with Crippen LogP contribution in [0.5, 0.6) is 5.75 Å². The second kappa shape index (κ2) is 6.26. The van der Waals surface area contributed by atoms with Crippen molar-refractivity contribution in [3.8, 4) is 5.75 Å². The number of rotatable bonds is 4. The quantitative estimate of drug-likeness (QED) is 0.876. The molecule has 1 aromatic carbocycles. The van der Waals surface area contributed by atoms with Gasteiger partial charge in [-0.3, -0.25) is 9.59 Å². The number of carbonyl (C=O) groups is 2. The Morgan fingerprint density at radius 1 is 1.48 bits per heavy atom. The van der Waals surface area contributed by atoms with Crippen molar-refractivity contribution in [2.45, 2.75) is 13.0 Å². The number of nitrogens with zero attached hydrogens (tertiary/aromatic N) is 1. The highest BCUT2D eigenvalue weighted by Crippen LogP contribution is 2.36. The smallest absolute Gasteiger partial charge is 0.268 e. The van der Waals surface area contributed by atoms with Crippen molar-refractivity contribution in [3.63, 3.8) is 0 Å². The van der Waals surface area contributed by atoms with Crippen molar-refractivity contribution in [2.24, 2.45) is 0 Å². The number of ether oxygens (including phenoxy) is 1. The van der Waals surface area contributed by atoms with E-state index in [0.717, 1.165) is 0 Å². The van der Waals surface area contributed by atoms with E-state index in [2.05, 4.69) is 11.9 Å². The Kier molecular flexibility index (Phi) is 4.16. The Morgan fingerprint density at radius 3 is 3.00 bits per heavy atom. The summed E-state index contributed by atoms with van der Waals surface area (Å²) in [4.78, 5) is 26.6.